The first-order valence-corrected chi connectivity index (χ1v) is 6.62. The maximum atomic E-state index is 9.38. The van der Waals surface area contributed by atoms with Crippen LogP contribution in [-0.2, 0) is 18.9 Å². The molecule has 2 aliphatic heterocycles. The molecule has 2 atom stereocenters. The van der Waals surface area contributed by atoms with E-state index in [9.17, 15) is 5.11 Å². The maximum Gasteiger partial charge on any atom is 0.104 e. The van der Waals surface area contributed by atoms with Crippen LogP contribution < -0.4 is 0 Å². The third kappa shape index (κ3) is 10.5. The largest absolute Gasteiger partial charge is 0.394 e. The van der Waals surface area contributed by atoms with Crippen LogP contribution >= 0.6 is 0 Å². The van der Waals surface area contributed by atoms with Crippen LogP contribution in [-0.4, -0.2) is 97.7 Å². The van der Waals surface area contributed by atoms with Gasteiger partial charge < -0.3 is 39.4 Å². The molecule has 8 heteroatoms. The summed E-state index contributed by atoms with van der Waals surface area (Å²) >= 11 is 0. The van der Waals surface area contributed by atoms with E-state index in [-0.39, 0.29) is 25.4 Å². The molecule has 4 N–H and O–H groups in total. The van der Waals surface area contributed by atoms with E-state index in [1.165, 1.54) is 0 Å². The standard InChI is InChI=1S/C9H16O5.C3H8O3/c10-7(1-11-3-8-5-13-8)2-12-4-9-6-14-9;4-1-3(6)2-5/h7-10H,1-6H2;3-6H,1-2H2. The molecule has 0 bridgehead atoms. The summed E-state index contributed by atoms with van der Waals surface area (Å²) in [5.74, 6) is 0. The van der Waals surface area contributed by atoms with E-state index in [1.807, 2.05) is 0 Å². The summed E-state index contributed by atoms with van der Waals surface area (Å²) < 4.78 is 20.3. The maximum absolute atomic E-state index is 9.38. The molecule has 0 spiro atoms. The fourth-order valence-corrected chi connectivity index (χ4v) is 1.11. The lowest BCUT2D eigenvalue weighted by Gasteiger charge is -2.10. The number of aliphatic hydroxyl groups excluding tert-OH is 4. The van der Waals surface area contributed by atoms with Gasteiger partial charge >= 0.3 is 0 Å². The average Bonchev–Trinajstić information content (AvgIpc) is 3.32. The highest BCUT2D eigenvalue weighted by Crippen LogP contribution is 2.09. The van der Waals surface area contributed by atoms with Crippen LogP contribution in [0.4, 0.5) is 0 Å². The Bertz CT molecular complexity index is 209. The summed E-state index contributed by atoms with van der Waals surface area (Å²) in [6.07, 6.45) is -0.997. The lowest BCUT2D eigenvalue weighted by Crippen LogP contribution is -2.23. The van der Waals surface area contributed by atoms with Gasteiger partial charge in [0.2, 0.25) is 0 Å². The number of ether oxygens (including phenoxy) is 4. The van der Waals surface area contributed by atoms with E-state index < -0.39 is 12.2 Å². The fourth-order valence-electron chi connectivity index (χ4n) is 1.11. The fraction of sp³-hybridized carbons (Fsp3) is 1.00. The van der Waals surface area contributed by atoms with E-state index in [0.717, 1.165) is 13.2 Å². The van der Waals surface area contributed by atoms with Gasteiger partial charge in [-0.15, -0.1) is 0 Å². The molecule has 0 amide bonds. The van der Waals surface area contributed by atoms with Gasteiger partial charge in [0, 0.05) is 0 Å². The first kappa shape index (κ1) is 17.7. The van der Waals surface area contributed by atoms with Crippen molar-refractivity contribution in [3.8, 4) is 0 Å². The third-order valence-electron chi connectivity index (χ3n) is 2.45. The molecule has 20 heavy (non-hydrogen) atoms. The summed E-state index contributed by atoms with van der Waals surface area (Å²) in [5, 5.41) is 33.4. The van der Waals surface area contributed by atoms with Crippen LogP contribution in [0.3, 0.4) is 0 Å². The monoisotopic (exact) mass is 296 g/mol. The van der Waals surface area contributed by atoms with Gasteiger partial charge in [-0.05, 0) is 0 Å². The molecule has 2 rings (SSSR count). The molecule has 0 aromatic rings. The van der Waals surface area contributed by atoms with Gasteiger partial charge in [-0.1, -0.05) is 0 Å². The number of aliphatic hydroxyl groups is 4. The summed E-state index contributed by atoms with van der Waals surface area (Å²) in [4.78, 5) is 0. The molecule has 2 aliphatic rings. The zero-order chi connectivity index (χ0) is 14.8. The van der Waals surface area contributed by atoms with E-state index >= 15 is 0 Å². The lowest BCUT2D eigenvalue weighted by molar-refractivity contribution is -0.0239. The third-order valence-corrected chi connectivity index (χ3v) is 2.45. The Morgan fingerprint density at radius 2 is 1.25 bits per heavy atom. The molecule has 0 saturated carbocycles. The molecule has 8 nitrogen and oxygen atoms in total. The predicted octanol–water partition coefficient (Wildman–Crippen LogP) is -2.49. The van der Waals surface area contributed by atoms with Crippen molar-refractivity contribution in [1.82, 2.24) is 0 Å². The minimum absolute atomic E-state index is 0.253. The zero-order valence-electron chi connectivity index (χ0n) is 11.4. The first-order valence-electron chi connectivity index (χ1n) is 6.62. The van der Waals surface area contributed by atoms with Gasteiger partial charge in [-0.3, -0.25) is 0 Å². The summed E-state index contributed by atoms with van der Waals surface area (Å²) in [7, 11) is 0. The van der Waals surface area contributed by atoms with Crippen molar-refractivity contribution in [2.24, 2.45) is 0 Å². The second-order valence-electron chi connectivity index (χ2n) is 4.66. The quantitative estimate of drug-likeness (QED) is 0.326. The summed E-state index contributed by atoms with van der Waals surface area (Å²) in [6, 6.07) is 0. The van der Waals surface area contributed by atoms with Crippen LogP contribution in [0.25, 0.3) is 0 Å². The molecular weight excluding hydrogens is 272 g/mol. The topological polar surface area (TPSA) is 124 Å². The highest BCUT2D eigenvalue weighted by molar-refractivity contribution is 4.69. The lowest BCUT2D eigenvalue weighted by atomic mass is 10.4. The first-order chi connectivity index (χ1) is 9.65. The summed E-state index contributed by atoms with van der Waals surface area (Å²) in [5.41, 5.74) is 0. The van der Waals surface area contributed by atoms with Crippen LogP contribution in [0.5, 0.6) is 0 Å². The molecule has 0 aliphatic carbocycles. The van der Waals surface area contributed by atoms with Crippen molar-refractivity contribution < 1.29 is 39.4 Å². The van der Waals surface area contributed by atoms with Gasteiger partial charge in [0.05, 0.1) is 52.9 Å². The zero-order valence-corrected chi connectivity index (χ0v) is 11.4. The molecule has 2 heterocycles. The van der Waals surface area contributed by atoms with Gasteiger partial charge in [-0.2, -0.15) is 0 Å². The van der Waals surface area contributed by atoms with Crippen molar-refractivity contribution in [3.63, 3.8) is 0 Å². The molecule has 2 fully saturated rings. The van der Waals surface area contributed by atoms with Crippen molar-refractivity contribution in [3.05, 3.63) is 0 Å². The smallest absolute Gasteiger partial charge is 0.104 e. The van der Waals surface area contributed by atoms with Gasteiger partial charge in [0.15, 0.2) is 0 Å². The number of epoxide rings is 2. The van der Waals surface area contributed by atoms with Crippen molar-refractivity contribution in [2.75, 3.05) is 52.9 Å². The Morgan fingerprint density at radius 3 is 1.50 bits per heavy atom. The number of hydrogen-bond donors (Lipinski definition) is 4. The Labute approximate surface area is 117 Å². The molecule has 120 valence electrons. The van der Waals surface area contributed by atoms with Crippen molar-refractivity contribution in [1.29, 1.82) is 0 Å². The highest BCUT2D eigenvalue weighted by atomic mass is 16.6. The van der Waals surface area contributed by atoms with Gasteiger partial charge in [0.1, 0.15) is 24.4 Å². The summed E-state index contributed by atoms with van der Waals surface area (Å²) in [6.45, 7) is 2.60. The Hall–Kier alpha value is -0.320. The SMILES string of the molecule is OC(COCC1CO1)COCC1CO1.OCC(O)CO. The Balaban J connectivity index is 0.000000286. The van der Waals surface area contributed by atoms with Crippen molar-refractivity contribution >= 4 is 0 Å². The highest BCUT2D eigenvalue weighted by Gasteiger charge is 2.24. The molecule has 2 saturated heterocycles. The Morgan fingerprint density at radius 1 is 0.850 bits per heavy atom. The van der Waals surface area contributed by atoms with Crippen LogP contribution in [0, 0.1) is 0 Å². The second-order valence-corrected chi connectivity index (χ2v) is 4.66. The van der Waals surface area contributed by atoms with E-state index in [2.05, 4.69) is 0 Å². The van der Waals surface area contributed by atoms with Crippen molar-refractivity contribution in [2.45, 2.75) is 24.4 Å². The van der Waals surface area contributed by atoms with E-state index in [4.69, 9.17) is 34.3 Å². The van der Waals surface area contributed by atoms with Crippen LogP contribution in [0.2, 0.25) is 0 Å². The van der Waals surface area contributed by atoms with E-state index in [0.29, 0.717) is 26.4 Å². The number of hydrogen-bond acceptors (Lipinski definition) is 8. The minimum atomic E-state index is -0.954. The van der Waals surface area contributed by atoms with E-state index in [1.54, 1.807) is 0 Å². The molecule has 0 aromatic carbocycles. The second kappa shape index (κ2) is 10.4. The van der Waals surface area contributed by atoms with Crippen LogP contribution in [0.1, 0.15) is 0 Å². The molecule has 0 aromatic heterocycles. The van der Waals surface area contributed by atoms with Crippen LogP contribution in [0.15, 0.2) is 0 Å². The molecule has 0 radical (unpaired) electrons. The predicted molar refractivity (Wildman–Crippen MR) is 67.3 cm³/mol. The molecule has 2 unspecified atom stereocenters. The molecular formula is C12H24O8. The average molecular weight is 296 g/mol. The number of rotatable bonds is 10. The Kier molecular flexibility index (Phi) is 9.23. The normalized spacial score (nSPS) is 25.1. The van der Waals surface area contributed by atoms with Gasteiger partial charge in [-0.25, -0.2) is 0 Å². The van der Waals surface area contributed by atoms with Gasteiger partial charge in [0.25, 0.3) is 0 Å². The minimum Gasteiger partial charge on any atom is -0.394 e.